The molecule has 0 amide bonds. The first-order valence-electron chi connectivity index (χ1n) is 7.74. The van der Waals surface area contributed by atoms with E-state index in [1.807, 2.05) is 0 Å². The van der Waals surface area contributed by atoms with Gasteiger partial charge in [-0.1, -0.05) is 37.1 Å². The van der Waals surface area contributed by atoms with Crippen LogP contribution >= 0.6 is 0 Å². The number of ketones is 1. The molecule has 1 saturated carbocycles. The average Bonchev–Trinajstić information content (AvgIpc) is 3.15. The molecule has 0 bridgehead atoms. The Bertz CT molecular complexity index is 365. The van der Waals surface area contributed by atoms with Crippen molar-refractivity contribution in [3.63, 3.8) is 0 Å². The number of hydrogen-bond donors (Lipinski definition) is 0. The third-order valence-corrected chi connectivity index (χ3v) is 4.37. The SMILES string of the molecule is CCC(C)C(=O)C1(CC=C(C)CCC=C(C)C)CC1. The van der Waals surface area contributed by atoms with Crippen LogP contribution in [0.15, 0.2) is 23.3 Å². The van der Waals surface area contributed by atoms with Gasteiger partial charge in [-0.3, -0.25) is 4.79 Å². The second kappa shape index (κ2) is 7.07. The second-order valence-electron chi connectivity index (χ2n) is 6.53. The molecule has 0 aromatic rings. The Morgan fingerprint density at radius 3 is 2.32 bits per heavy atom. The zero-order chi connectivity index (χ0) is 14.5. The molecule has 0 spiro atoms. The van der Waals surface area contributed by atoms with E-state index in [0.29, 0.717) is 5.78 Å². The van der Waals surface area contributed by atoms with Gasteiger partial charge in [-0.2, -0.15) is 0 Å². The number of Topliss-reactive ketones (excluding diaryl/α,β-unsaturated/α-hetero) is 1. The van der Waals surface area contributed by atoms with Crippen molar-refractivity contribution in [2.75, 3.05) is 0 Å². The molecule has 1 nitrogen and oxygen atoms in total. The minimum absolute atomic E-state index is 0.0210. The Kier molecular flexibility index (Phi) is 6.03. The van der Waals surface area contributed by atoms with Crippen molar-refractivity contribution < 1.29 is 4.79 Å². The molecule has 0 aromatic carbocycles. The van der Waals surface area contributed by atoms with E-state index in [0.717, 1.165) is 38.5 Å². The Morgan fingerprint density at radius 1 is 1.21 bits per heavy atom. The van der Waals surface area contributed by atoms with E-state index in [1.165, 1.54) is 11.1 Å². The van der Waals surface area contributed by atoms with E-state index in [9.17, 15) is 4.79 Å². The number of carbonyl (C=O) groups is 1. The molecular weight excluding hydrogens is 232 g/mol. The lowest BCUT2D eigenvalue weighted by Crippen LogP contribution is -2.22. The van der Waals surface area contributed by atoms with Gasteiger partial charge in [-0.05, 0) is 59.3 Å². The average molecular weight is 262 g/mol. The number of rotatable bonds is 8. The molecule has 1 rings (SSSR count). The Labute approximate surface area is 119 Å². The quantitative estimate of drug-likeness (QED) is 0.530. The Morgan fingerprint density at radius 2 is 1.84 bits per heavy atom. The fraction of sp³-hybridized carbons (Fsp3) is 0.722. The summed E-state index contributed by atoms with van der Waals surface area (Å²) in [5.41, 5.74) is 2.84. The van der Waals surface area contributed by atoms with Gasteiger partial charge in [0.15, 0.2) is 0 Å². The Balaban J connectivity index is 2.46. The van der Waals surface area contributed by atoms with Crippen LogP contribution in [0, 0.1) is 11.3 Å². The van der Waals surface area contributed by atoms with Crippen molar-refractivity contribution in [1.82, 2.24) is 0 Å². The predicted octanol–water partition coefficient (Wildman–Crippen LogP) is 5.46. The van der Waals surface area contributed by atoms with Crippen molar-refractivity contribution in [1.29, 1.82) is 0 Å². The highest BCUT2D eigenvalue weighted by molar-refractivity contribution is 5.89. The highest BCUT2D eigenvalue weighted by atomic mass is 16.1. The van der Waals surface area contributed by atoms with E-state index in [-0.39, 0.29) is 11.3 Å². The van der Waals surface area contributed by atoms with Gasteiger partial charge in [0.05, 0.1) is 0 Å². The van der Waals surface area contributed by atoms with Gasteiger partial charge in [-0.25, -0.2) is 0 Å². The van der Waals surface area contributed by atoms with Crippen LogP contribution in [0.5, 0.6) is 0 Å². The summed E-state index contributed by atoms with van der Waals surface area (Å²) in [5, 5.41) is 0. The molecular formula is C18H30O. The first-order valence-corrected chi connectivity index (χ1v) is 7.74. The Hall–Kier alpha value is -0.850. The summed E-state index contributed by atoms with van der Waals surface area (Å²) in [4.78, 5) is 12.3. The molecule has 108 valence electrons. The van der Waals surface area contributed by atoms with Crippen LogP contribution in [-0.2, 0) is 4.79 Å². The molecule has 1 fully saturated rings. The molecule has 0 aliphatic heterocycles. The number of carbonyl (C=O) groups excluding carboxylic acids is 1. The topological polar surface area (TPSA) is 17.1 Å². The van der Waals surface area contributed by atoms with Gasteiger partial charge in [0.25, 0.3) is 0 Å². The number of hydrogen-bond acceptors (Lipinski definition) is 1. The van der Waals surface area contributed by atoms with E-state index >= 15 is 0 Å². The standard InChI is InChI=1S/C18H30O/c1-6-16(5)17(19)18(12-13-18)11-10-15(4)9-7-8-14(2)3/h8,10,16H,6-7,9,11-13H2,1-5H3. The third-order valence-electron chi connectivity index (χ3n) is 4.37. The molecule has 19 heavy (non-hydrogen) atoms. The summed E-state index contributed by atoms with van der Waals surface area (Å²) in [6.07, 6.45) is 11.0. The normalized spacial score (nSPS) is 18.9. The van der Waals surface area contributed by atoms with Gasteiger partial charge in [-0.15, -0.1) is 0 Å². The largest absolute Gasteiger partial charge is 0.299 e. The first-order chi connectivity index (χ1) is 8.91. The minimum Gasteiger partial charge on any atom is -0.299 e. The molecule has 0 saturated heterocycles. The summed E-state index contributed by atoms with van der Waals surface area (Å²) in [7, 11) is 0. The summed E-state index contributed by atoms with van der Waals surface area (Å²) < 4.78 is 0. The van der Waals surface area contributed by atoms with E-state index < -0.39 is 0 Å². The van der Waals surface area contributed by atoms with Gasteiger partial charge in [0.1, 0.15) is 5.78 Å². The van der Waals surface area contributed by atoms with Gasteiger partial charge in [0, 0.05) is 11.3 Å². The van der Waals surface area contributed by atoms with E-state index in [1.54, 1.807) is 0 Å². The monoisotopic (exact) mass is 262 g/mol. The molecule has 0 heterocycles. The highest BCUT2D eigenvalue weighted by Crippen LogP contribution is 2.52. The van der Waals surface area contributed by atoms with Crippen LogP contribution < -0.4 is 0 Å². The second-order valence-corrected chi connectivity index (χ2v) is 6.53. The van der Waals surface area contributed by atoms with Crippen molar-refractivity contribution in [2.24, 2.45) is 11.3 Å². The van der Waals surface area contributed by atoms with Crippen LogP contribution in [0.3, 0.4) is 0 Å². The van der Waals surface area contributed by atoms with Crippen LogP contribution in [0.4, 0.5) is 0 Å². The molecule has 0 N–H and O–H groups in total. The molecule has 1 atom stereocenters. The van der Waals surface area contributed by atoms with E-state index in [4.69, 9.17) is 0 Å². The lowest BCUT2D eigenvalue weighted by molar-refractivity contribution is -0.127. The fourth-order valence-corrected chi connectivity index (χ4v) is 2.47. The maximum Gasteiger partial charge on any atom is 0.142 e. The minimum atomic E-state index is 0.0210. The van der Waals surface area contributed by atoms with Crippen LogP contribution in [0.2, 0.25) is 0 Å². The van der Waals surface area contributed by atoms with Crippen molar-refractivity contribution >= 4 is 5.78 Å². The van der Waals surface area contributed by atoms with Crippen molar-refractivity contribution in [2.45, 2.75) is 73.1 Å². The van der Waals surface area contributed by atoms with Gasteiger partial charge < -0.3 is 0 Å². The zero-order valence-corrected chi connectivity index (χ0v) is 13.4. The lowest BCUT2D eigenvalue weighted by atomic mass is 9.86. The fourth-order valence-electron chi connectivity index (χ4n) is 2.47. The maximum absolute atomic E-state index is 12.3. The van der Waals surface area contributed by atoms with Gasteiger partial charge in [0.2, 0.25) is 0 Å². The number of allylic oxidation sites excluding steroid dienone is 4. The van der Waals surface area contributed by atoms with Crippen LogP contribution in [0.25, 0.3) is 0 Å². The summed E-state index contributed by atoms with van der Waals surface area (Å²) in [6.45, 7) is 10.7. The molecule has 0 radical (unpaired) electrons. The molecule has 1 aliphatic carbocycles. The summed E-state index contributed by atoms with van der Waals surface area (Å²) in [5.74, 6) is 0.741. The molecule has 1 unspecified atom stereocenters. The van der Waals surface area contributed by atoms with Crippen molar-refractivity contribution in [3.8, 4) is 0 Å². The third kappa shape index (κ3) is 4.97. The van der Waals surface area contributed by atoms with Crippen LogP contribution in [-0.4, -0.2) is 5.78 Å². The van der Waals surface area contributed by atoms with Gasteiger partial charge >= 0.3 is 0 Å². The summed E-state index contributed by atoms with van der Waals surface area (Å²) in [6, 6.07) is 0. The zero-order valence-electron chi connectivity index (χ0n) is 13.4. The first kappa shape index (κ1) is 16.2. The molecule has 1 aliphatic rings. The predicted molar refractivity (Wildman–Crippen MR) is 83.2 cm³/mol. The highest BCUT2D eigenvalue weighted by Gasteiger charge is 2.49. The van der Waals surface area contributed by atoms with Crippen molar-refractivity contribution in [3.05, 3.63) is 23.3 Å². The smallest absolute Gasteiger partial charge is 0.142 e. The van der Waals surface area contributed by atoms with Crippen LogP contribution in [0.1, 0.15) is 73.1 Å². The molecule has 1 heteroatoms. The summed E-state index contributed by atoms with van der Waals surface area (Å²) >= 11 is 0. The van der Waals surface area contributed by atoms with E-state index in [2.05, 4.69) is 46.8 Å². The molecule has 0 aromatic heterocycles. The maximum atomic E-state index is 12.3. The lowest BCUT2D eigenvalue weighted by Gasteiger charge is -2.16.